The lowest BCUT2D eigenvalue weighted by Gasteiger charge is -2.31. The van der Waals surface area contributed by atoms with Crippen LogP contribution in [-0.4, -0.2) is 130 Å². The van der Waals surface area contributed by atoms with Crippen molar-refractivity contribution in [3.63, 3.8) is 0 Å². The Morgan fingerprint density at radius 3 is 1.26 bits per heavy atom. The van der Waals surface area contributed by atoms with Crippen LogP contribution in [0.25, 0.3) is 66.9 Å². The molecule has 12 aromatic rings. The third-order valence-corrected chi connectivity index (χ3v) is 19.1. The first-order valence-electron chi connectivity index (χ1n) is 32.5. The van der Waals surface area contributed by atoms with Crippen LogP contribution in [0.3, 0.4) is 0 Å². The molecule has 0 radical (unpaired) electrons. The minimum absolute atomic E-state index is 0.0266. The highest BCUT2D eigenvalue weighted by Gasteiger charge is 2.24. The van der Waals surface area contributed by atoms with Crippen molar-refractivity contribution in [3.8, 4) is 33.8 Å². The number of rotatable bonds is 18. The van der Waals surface area contributed by atoms with E-state index in [2.05, 4.69) is 55.7 Å². The molecule has 2 aliphatic rings. The van der Waals surface area contributed by atoms with Crippen molar-refractivity contribution in [2.45, 2.75) is 76.4 Å². The molecule has 2 aliphatic heterocycles. The van der Waals surface area contributed by atoms with Gasteiger partial charge in [-0.1, -0.05) is 23.2 Å². The van der Waals surface area contributed by atoms with Gasteiger partial charge in [0.1, 0.15) is 34.5 Å². The quantitative estimate of drug-likeness (QED) is 0.0344. The van der Waals surface area contributed by atoms with E-state index in [1.165, 1.54) is 41.4 Å². The number of nitrogens with two attached hydrogens (primary N) is 1. The van der Waals surface area contributed by atoms with Crippen LogP contribution in [0, 0.1) is 17.5 Å². The molecule has 6 aromatic carbocycles. The van der Waals surface area contributed by atoms with Crippen LogP contribution >= 0.6 is 68.8 Å². The highest BCUT2D eigenvalue weighted by Crippen LogP contribution is 2.34. The van der Waals surface area contributed by atoms with Crippen LogP contribution in [-0.2, 0) is 19.3 Å². The standard InChI is InChI=1S/C26H26FN5O2S.C21H16ClFN4OS.C15H7Cl2FN2O.C6H10N2S.C5H11NO/c27-19-6-3-17(4-7-19)24-25(32-13-9-20(33)10-14-32)31-21-8-5-18(16-22(21)30-24)26(34)29-11-1-2-23-28-12-15-35-23;22-20-19(13-3-6-15(23)7-4-13)26-17-12-14(5-8-16(17)27-20)21(28)25-9-1-2-18-24-10-11-29-18;16-14-13(8-1-4-10(18)5-2-8)19-12-7-9(15(17)21)3-6-11(12)20-14;7-3-1-2-6-8-4-5-9-6;7-5-1-3-6-4-2-5/h3-8,12,15-16,20,33H,1-2,9-11,13-14H2,(H,29,34);3-8,10-12H,1-2,9H2,(H,25,28);1-7H;4-5H,1-3,7H2;5-7H,1-4H2. The predicted molar refractivity (Wildman–Crippen MR) is 396 cm³/mol. The number of nitrogens with one attached hydrogen (secondary N) is 3. The molecule has 0 aliphatic carbocycles. The minimum atomic E-state index is -0.572. The van der Waals surface area contributed by atoms with Gasteiger partial charge in [-0.2, -0.15) is 0 Å². The average molecular weight is 1480 g/mol. The van der Waals surface area contributed by atoms with Crippen LogP contribution in [0.1, 0.15) is 91.0 Å². The number of carbonyl (C=O) groups excluding carboxylic acids is 3. The lowest BCUT2D eigenvalue weighted by Crippen LogP contribution is -2.36. The van der Waals surface area contributed by atoms with Gasteiger partial charge in [0.05, 0.1) is 60.3 Å². The van der Waals surface area contributed by atoms with Gasteiger partial charge < -0.3 is 36.8 Å². The number of hydrogen-bond donors (Lipinski definition) is 6. The Balaban J connectivity index is 0.000000150. The molecule has 7 N–H and O–H groups in total. The third kappa shape index (κ3) is 22.1. The summed E-state index contributed by atoms with van der Waals surface area (Å²) >= 11 is 22.8. The van der Waals surface area contributed by atoms with Crippen LogP contribution in [0.5, 0.6) is 0 Å². The summed E-state index contributed by atoms with van der Waals surface area (Å²) < 4.78 is 39.7. The Labute approximate surface area is 607 Å². The van der Waals surface area contributed by atoms with E-state index in [0.29, 0.717) is 123 Å². The molecule has 2 saturated heterocycles. The second-order valence-corrected chi connectivity index (χ2v) is 27.1. The number of aryl methyl sites for hydroxylation is 3. The normalized spacial score (nSPS) is 13.0. The van der Waals surface area contributed by atoms with Gasteiger partial charge in [-0.3, -0.25) is 14.4 Å². The number of piperidine rings is 2. The molecule has 6 aromatic heterocycles. The molecule has 28 heteroatoms. The van der Waals surface area contributed by atoms with E-state index in [1.807, 2.05) is 28.4 Å². The van der Waals surface area contributed by atoms with Crippen LogP contribution in [0.4, 0.5) is 19.0 Å². The highest BCUT2D eigenvalue weighted by atomic mass is 35.5. The van der Waals surface area contributed by atoms with Crippen molar-refractivity contribution < 1.29 is 37.8 Å². The maximum atomic E-state index is 13.6. The zero-order valence-corrected chi connectivity index (χ0v) is 59.1. The Morgan fingerprint density at radius 2 is 0.871 bits per heavy atom. The first-order valence-corrected chi connectivity index (χ1v) is 36.3. The maximum absolute atomic E-state index is 13.6. The summed E-state index contributed by atoms with van der Waals surface area (Å²) in [5.41, 5.74) is 13.6. The van der Waals surface area contributed by atoms with Gasteiger partial charge in [0.15, 0.2) is 16.1 Å². The second kappa shape index (κ2) is 37.7. The SMILES string of the molecule is NCCCc1nccs1.O=C(Cl)c1ccc2nc(Cl)c(-c3ccc(F)cc3)nc2c1.O=C(NCCCc1nccs1)c1ccc2nc(Cl)c(-c3ccc(F)cc3)nc2c1.O=C(NCCCc1nccs1)c1ccc2nc(N3CCC(O)CC3)c(-c3ccc(F)cc3)nc2c1.OC1CCNCC1. The number of thiazole rings is 3. The number of anilines is 1. The molecular formula is C73H70Cl3F3N14O5S3. The number of aromatic nitrogens is 9. The molecule has 101 heavy (non-hydrogen) atoms. The average Bonchev–Trinajstić information content (AvgIpc) is 1.71. The van der Waals surface area contributed by atoms with Crippen molar-refractivity contribution in [1.29, 1.82) is 0 Å². The first kappa shape index (κ1) is 74.8. The first-order chi connectivity index (χ1) is 49.0. The Morgan fingerprint density at radius 1 is 0.495 bits per heavy atom. The van der Waals surface area contributed by atoms with Crippen molar-refractivity contribution in [1.82, 2.24) is 60.8 Å². The Kier molecular flexibility index (Phi) is 27.9. The van der Waals surface area contributed by atoms with Gasteiger partial charge in [-0.25, -0.2) is 58.0 Å². The molecular weight excluding hydrogens is 1410 g/mol. The fourth-order valence-electron chi connectivity index (χ4n) is 10.5. The monoisotopic (exact) mass is 1480 g/mol. The summed E-state index contributed by atoms with van der Waals surface area (Å²) in [6.45, 7) is 5.18. The number of amides is 2. The zero-order chi connectivity index (χ0) is 71.0. The largest absolute Gasteiger partial charge is 0.393 e. The number of hydrogen-bond acceptors (Lipinski definition) is 20. The predicted octanol–water partition coefficient (Wildman–Crippen LogP) is 14.4. The summed E-state index contributed by atoms with van der Waals surface area (Å²) in [7, 11) is 0. The van der Waals surface area contributed by atoms with E-state index in [-0.39, 0.29) is 51.8 Å². The van der Waals surface area contributed by atoms with Gasteiger partial charge in [0, 0.05) is 114 Å². The van der Waals surface area contributed by atoms with Crippen LogP contribution in [0.2, 0.25) is 10.3 Å². The lowest BCUT2D eigenvalue weighted by molar-refractivity contribution is 0.0945. The van der Waals surface area contributed by atoms with Gasteiger partial charge in [-0.15, -0.1) is 34.0 Å². The fraction of sp³-hybridized carbons (Fsp3) is 0.260. The van der Waals surface area contributed by atoms with Crippen molar-refractivity contribution in [2.24, 2.45) is 5.73 Å². The van der Waals surface area contributed by atoms with E-state index < -0.39 is 5.24 Å². The second-order valence-electron chi connectivity index (χ2n) is 23.1. The molecule has 2 amide bonds. The van der Waals surface area contributed by atoms with E-state index in [1.54, 1.807) is 131 Å². The van der Waals surface area contributed by atoms with Crippen LogP contribution in [0.15, 0.2) is 162 Å². The summed E-state index contributed by atoms with van der Waals surface area (Å²) in [6.07, 6.45) is 13.6. The van der Waals surface area contributed by atoms with Crippen molar-refractivity contribution in [2.75, 3.05) is 50.7 Å². The number of aliphatic hydroxyl groups is 2. The smallest absolute Gasteiger partial charge is 0.252 e. The molecule has 8 heterocycles. The van der Waals surface area contributed by atoms with Crippen molar-refractivity contribution in [3.05, 3.63) is 222 Å². The van der Waals surface area contributed by atoms with E-state index in [9.17, 15) is 32.7 Å². The van der Waals surface area contributed by atoms with E-state index in [4.69, 9.17) is 55.6 Å². The lowest BCUT2D eigenvalue weighted by atomic mass is 10.1. The molecule has 2 fully saturated rings. The highest BCUT2D eigenvalue weighted by molar-refractivity contribution is 7.10. The van der Waals surface area contributed by atoms with Gasteiger partial charge in [-0.05, 0) is 204 Å². The summed E-state index contributed by atoms with van der Waals surface area (Å²) in [6, 6.07) is 32.9. The molecule has 522 valence electrons. The third-order valence-electron chi connectivity index (χ3n) is 15.8. The molecule has 0 saturated carbocycles. The number of aliphatic hydroxyl groups excluding tert-OH is 2. The van der Waals surface area contributed by atoms with E-state index in [0.717, 1.165) is 86.6 Å². The molecule has 0 atom stereocenters. The summed E-state index contributed by atoms with van der Waals surface area (Å²) in [5, 5.41) is 36.9. The zero-order valence-electron chi connectivity index (χ0n) is 54.4. The number of benzene rings is 6. The summed E-state index contributed by atoms with van der Waals surface area (Å²) in [4.78, 5) is 78.4. The molecule has 0 unspecified atom stereocenters. The van der Waals surface area contributed by atoms with Gasteiger partial charge in [0.2, 0.25) is 0 Å². The number of nitrogens with zero attached hydrogens (tertiary/aromatic N) is 10. The Bertz CT molecular complexity index is 4660. The Hall–Kier alpha value is -8.86. The van der Waals surface area contributed by atoms with Crippen molar-refractivity contribution >= 4 is 125 Å². The van der Waals surface area contributed by atoms with E-state index >= 15 is 0 Å². The van der Waals surface area contributed by atoms with Gasteiger partial charge in [0.25, 0.3) is 17.1 Å². The number of carbonyl (C=O) groups is 3. The fourth-order valence-corrected chi connectivity index (χ4v) is 13.1. The topological polar surface area (TPSA) is 273 Å². The maximum Gasteiger partial charge on any atom is 0.252 e. The molecule has 14 rings (SSSR count). The summed E-state index contributed by atoms with van der Waals surface area (Å²) in [5.74, 6) is -0.642. The van der Waals surface area contributed by atoms with Crippen LogP contribution < -0.4 is 26.6 Å². The van der Waals surface area contributed by atoms with Gasteiger partial charge >= 0.3 is 0 Å². The molecule has 19 nitrogen and oxygen atoms in total. The number of fused-ring (bicyclic) bond motifs is 3. The number of halogens is 6. The molecule has 0 bridgehead atoms. The molecule has 0 spiro atoms. The minimum Gasteiger partial charge on any atom is -0.393 e.